The molecule has 1 rings (SSSR count). The van der Waals surface area contributed by atoms with Gasteiger partial charge < -0.3 is 11.1 Å². The molecule has 0 aliphatic heterocycles. The van der Waals surface area contributed by atoms with E-state index < -0.39 is 0 Å². The molecule has 3 heteroatoms. The van der Waals surface area contributed by atoms with E-state index in [9.17, 15) is 4.79 Å². The van der Waals surface area contributed by atoms with Crippen molar-refractivity contribution in [2.45, 2.75) is 38.5 Å². The van der Waals surface area contributed by atoms with Crippen molar-refractivity contribution in [3.63, 3.8) is 0 Å². The second-order valence-electron chi connectivity index (χ2n) is 4.14. The van der Waals surface area contributed by atoms with Crippen molar-refractivity contribution >= 4 is 5.91 Å². The van der Waals surface area contributed by atoms with Crippen LogP contribution in [0.2, 0.25) is 0 Å². The van der Waals surface area contributed by atoms with Gasteiger partial charge in [-0.1, -0.05) is 37.8 Å². The first-order valence-electron chi connectivity index (χ1n) is 5.97. The summed E-state index contributed by atoms with van der Waals surface area (Å²) in [4.78, 5) is 11.7. The standard InChI is InChI=1S/C12H22N2O/c13-9-5-6-10-14-12(15)11-7-3-1-2-4-8-11/h5-6,11H,1-4,7-10,13H2,(H,14,15)/b6-5+. The highest BCUT2D eigenvalue weighted by Crippen LogP contribution is 2.22. The lowest BCUT2D eigenvalue weighted by molar-refractivity contribution is -0.125. The summed E-state index contributed by atoms with van der Waals surface area (Å²) in [6.07, 6.45) is 10.9. The Labute approximate surface area is 92.1 Å². The summed E-state index contributed by atoms with van der Waals surface area (Å²) in [5.41, 5.74) is 5.31. The first-order valence-corrected chi connectivity index (χ1v) is 5.97. The molecule has 1 fully saturated rings. The van der Waals surface area contributed by atoms with Gasteiger partial charge in [0.15, 0.2) is 0 Å². The summed E-state index contributed by atoms with van der Waals surface area (Å²) < 4.78 is 0. The van der Waals surface area contributed by atoms with Gasteiger partial charge in [0.25, 0.3) is 0 Å². The molecular weight excluding hydrogens is 188 g/mol. The third kappa shape index (κ3) is 4.98. The molecular formula is C12H22N2O. The van der Waals surface area contributed by atoms with Gasteiger partial charge in [0.1, 0.15) is 0 Å². The van der Waals surface area contributed by atoms with Crippen LogP contribution in [0.4, 0.5) is 0 Å². The molecule has 0 heterocycles. The highest BCUT2D eigenvalue weighted by molar-refractivity contribution is 5.78. The van der Waals surface area contributed by atoms with Crippen LogP contribution in [0.3, 0.4) is 0 Å². The Morgan fingerprint density at radius 2 is 1.87 bits per heavy atom. The number of nitrogens with two attached hydrogens (primary N) is 1. The molecule has 1 amide bonds. The SMILES string of the molecule is NC/C=C/CNC(=O)C1CCCCCC1. The summed E-state index contributed by atoms with van der Waals surface area (Å²) in [5, 5.41) is 2.93. The van der Waals surface area contributed by atoms with E-state index in [0.717, 1.165) is 12.8 Å². The Morgan fingerprint density at radius 3 is 2.47 bits per heavy atom. The summed E-state index contributed by atoms with van der Waals surface area (Å²) in [6.45, 7) is 1.16. The fraction of sp³-hybridized carbons (Fsp3) is 0.750. The molecule has 0 unspecified atom stereocenters. The van der Waals surface area contributed by atoms with Crippen molar-refractivity contribution in [3.05, 3.63) is 12.2 Å². The number of nitrogens with one attached hydrogen (secondary N) is 1. The number of carbonyl (C=O) groups is 1. The fourth-order valence-corrected chi connectivity index (χ4v) is 2.02. The van der Waals surface area contributed by atoms with E-state index >= 15 is 0 Å². The number of hydrogen-bond donors (Lipinski definition) is 2. The monoisotopic (exact) mass is 210 g/mol. The largest absolute Gasteiger partial charge is 0.352 e. The molecule has 86 valence electrons. The molecule has 1 aliphatic carbocycles. The Morgan fingerprint density at radius 1 is 1.20 bits per heavy atom. The highest BCUT2D eigenvalue weighted by atomic mass is 16.1. The average molecular weight is 210 g/mol. The van der Waals surface area contributed by atoms with E-state index in [2.05, 4.69) is 5.32 Å². The van der Waals surface area contributed by atoms with Crippen LogP contribution in [-0.4, -0.2) is 19.0 Å². The fourth-order valence-electron chi connectivity index (χ4n) is 2.02. The van der Waals surface area contributed by atoms with Gasteiger partial charge in [-0.25, -0.2) is 0 Å². The van der Waals surface area contributed by atoms with Crippen LogP contribution >= 0.6 is 0 Å². The van der Waals surface area contributed by atoms with Crippen LogP contribution < -0.4 is 11.1 Å². The summed E-state index contributed by atoms with van der Waals surface area (Å²) in [5.74, 6) is 0.470. The van der Waals surface area contributed by atoms with Crippen LogP contribution in [-0.2, 0) is 4.79 Å². The summed E-state index contributed by atoms with van der Waals surface area (Å²) in [7, 11) is 0. The van der Waals surface area contributed by atoms with Gasteiger partial charge in [-0.05, 0) is 12.8 Å². The van der Waals surface area contributed by atoms with Crippen molar-refractivity contribution < 1.29 is 4.79 Å². The molecule has 0 radical (unpaired) electrons. The predicted octanol–water partition coefficient (Wildman–Crippen LogP) is 1.59. The quantitative estimate of drug-likeness (QED) is 0.547. The Kier molecular flexibility index (Phi) is 6.09. The van der Waals surface area contributed by atoms with Crippen LogP contribution in [0.5, 0.6) is 0 Å². The molecule has 3 nitrogen and oxygen atoms in total. The van der Waals surface area contributed by atoms with Crippen molar-refractivity contribution in [1.82, 2.24) is 5.32 Å². The molecule has 0 atom stereocenters. The van der Waals surface area contributed by atoms with Gasteiger partial charge in [0, 0.05) is 19.0 Å². The topological polar surface area (TPSA) is 55.1 Å². The van der Waals surface area contributed by atoms with E-state index in [0.29, 0.717) is 13.1 Å². The Balaban J connectivity index is 2.22. The maximum atomic E-state index is 11.7. The number of rotatable bonds is 4. The van der Waals surface area contributed by atoms with Crippen molar-refractivity contribution in [2.75, 3.05) is 13.1 Å². The number of hydrogen-bond acceptors (Lipinski definition) is 2. The van der Waals surface area contributed by atoms with Gasteiger partial charge in [-0.2, -0.15) is 0 Å². The molecule has 0 saturated heterocycles. The molecule has 1 aliphatic rings. The molecule has 0 spiro atoms. The minimum atomic E-state index is 0.221. The zero-order valence-corrected chi connectivity index (χ0v) is 9.37. The molecule has 0 bridgehead atoms. The van der Waals surface area contributed by atoms with Crippen LogP contribution in [0.15, 0.2) is 12.2 Å². The van der Waals surface area contributed by atoms with E-state index in [4.69, 9.17) is 5.73 Å². The Bertz CT molecular complexity index is 206. The molecule has 15 heavy (non-hydrogen) atoms. The third-order valence-corrected chi connectivity index (χ3v) is 2.92. The average Bonchev–Trinajstić information content (AvgIpc) is 2.52. The predicted molar refractivity (Wildman–Crippen MR) is 62.4 cm³/mol. The highest BCUT2D eigenvalue weighted by Gasteiger charge is 2.18. The smallest absolute Gasteiger partial charge is 0.223 e. The lowest BCUT2D eigenvalue weighted by Crippen LogP contribution is -2.30. The van der Waals surface area contributed by atoms with Gasteiger partial charge in [-0.3, -0.25) is 4.79 Å². The van der Waals surface area contributed by atoms with Crippen molar-refractivity contribution in [3.8, 4) is 0 Å². The zero-order chi connectivity index (χ0) is 10.9. The van der Waals surface area contributed by atoms with E-state index in [1.165, 1.54) is 25.7 Å². The molecule has 3 N–H and O–H groups in total. The first kappa shape index (κ1) is 12.2. The molecule has 0 aromatic rings. The summed E-state index contributed by atoms with van der Waals surface area (Å²) in [6, 6.07) is 0. The third-order valence-electron chi connectivity index (χ3n) is 2.92. The normalized spacial score (nSPS) is 19.0. The maximum absolute atomic E-state index is 11.7. The van der Waals surface area contributed by atoms with Gasteiger partial charge in [0.2, 0.25) is 5.91 Å². The van der Waals surface area contributed by atoms with Crippen molar-refractivity contribution in [1.29, 1.82) is 0 Å². The van der Waals surface area contributed by atoms with E-state index in [1.54, 1.807) is 0 Å². The summed E-state index contributed by atoms with van der Waals surface area (Å²) >= 11 is 0. The Hall–Kier alpha value is -0.830. The lowest BCUT2D eigenvalue weighted by atomic mass is 9.99. The zero-order valence-electron chi connectivity index (χ0n) is 9.37. The molecule has 0 aromatic carbocycles. The lowest BCUT2D eigenvalue weighted by Gasteiger charge is -2.12. The first-order chi connectivity index (χ1) is 7.34. The minimum absolute atomic E-state index is 0.221. The van der Waals surface area contributed by atoms with Crippen LogP contribution in [0.1, 0.15) is 38.5 Å². The second kappa shape index (κ2) is 7.46. The van der Waals surface area contributed by atoms with Gasteiger partial charge in [-0.15, -0.1) is 0 Å². The number of carbonyl (C=O) groups excluding carboxylic acids is 1. The van der Waals surface area contributed by atoms with Crippen LogP contribution in [0.25, 0.3) is 0 Å². The van der Waals surface area contributed by atoms with E-state index in [-0.39, 0.29) is 11.8 Å². The maximum Gasteiger partial charge on any atom is 0.223 e. The van der Waals surface area contributed by atoms with E-state index in [1.807, 2.05) is 12.2 Å². The van der Waals surface area contributed by atoms with Crippen LogP contribution in [0, 0.1) is 5.92 Å². The number of amides is 1. The van der Waals surface area contributed by atoms with Gasteiger partial charge >= 0.3 is 0 Å². The minimum Gasteiger partial charge on any atom is -0.352 e. The van der Waals surface area contributed by atoms with Crippen molar-refractivity contribution in [2.24, 2.45) is 11.7 Å². The molecule has 1 saturated carbocycles. The molecule has 0 aromatic heterocycles. The van der Waals surface area contributed by atoms with Gasteiger partial charge in [0.05, 0.1) is 0 Å². The second-order valence-corrected chi connectivity index (χ2v) is 4.14.